The van der Waals surface area contributed by atoms with E-state index in [4.69, 9.17) is 5.14 Å². The van der Waals surface area contributed by atoms with Crippen LogP contribution >= 0.6 is 0 Å². The lowest BCUT2D eigenvalue weighted by Crippen LogP contribution is -2.25. The Labute approximate surface area is 139 Å². The third-order valence-corrected chi connectivity index (χ3v) is 4.72. The summed E-state index contributed by atoms with van der Waals surface area (Å²) < 4.78 is 22.4. The predicted molar refractivity (Wildman–Crippen MR) is 92.2 cm³/mol. The van der Waals surface area contributed by atoms with Crippen LogP contribution in [-0.2, 0) is 16.4 Å². The standard InChI is InChI=1S/C17H17N3O3S/c18-24(22,23)13-6-4-12(5-7-13)8-10-20-17(21)15-2-1-3-16-14(15)9-11-19-16/h1-7,9,11,19H,8,10H2,(H,20,21)(H2,18,22,23). The number of aromatic nitrogens is 1. The van der Waals surface area contributed by atoms with Crippen LogP contribution in [0.1, 0.15) is 15.9 Å². The van der Waals surface area contributed by atoms with Crippen molar-refractivity contribution in [1.29, 1.82) is 0 Å². The van der Waals surface area contributed by atoms with Crippen LogP contribution in [0.3, 0.4) is 0 Å². The molecule has 24 heavy (non-hydrogen) atoms. The number of nitrogens with two attached hydrogens (primary N) is 1. The molecule has 0 saturated heterocycles. The van der Waals surface area contributed by atoms with Gasteiger partial charge in [-0.05, 0) is 42.3 Å². The maximum absolute atomic E-state index is 12.3. The predicted octanol–water partition coefficient (Wildman–Crippen LogP) is 1.79. The number of aromatic amines is 1. The molecule has 0 aliphatic heterocycles. The number of amides is 1. The SMILES string of the molecule is NS(=O)(=O)c1ccc(CCNC(=O)c2cccc3[nH]ccc23)cc1. The molecule has 7 heteroatoms. The molecule has 0 bridgehead atoms. The van der Waals surface area contributed by atoms with E-state index < -0.39 is 10.0 Å². The largest absolute Gasteiger partial charge is 0.361 e. The molecule has 0 aliphatic carbocycles. The molecule has 6 nitrogen and oxygen atoms in total. The minimum atomic E-state index is -3.68. The summed E-state index contributed by atoms with van der Waals surface area (Å²) in [5.74, 6) is -0.138. The Morgan fingerprint density at radius 3 is 2.54 bits per heavy atom. The van der Waals surface area contributed by atoms with Gasteiger partial charge < -0.3 is 10.3 Å². The van der Waals surface area contributed by atoms with E-state index >= 15 is 0 Å². The zero-order valence-electron chi connectivity index (χ0n) is 12.8. The van der Waals surface area contributed by atoms with Gasteiger partial charge in [0.2, 0.25) is 10.0 Å². The molecule has 1 heterocycles. The Bertz CT molecular complexity index is 976. The molecule has 124 valence electrons. The van der Waals surface area contributed by atoms with Crippen molar-refractivity contribution in [3.05, 3.63) is 65.9 Å². The molecular weight excluding hydrogens is 326 g/mol. The molecule has 0 unspecified atom stereocenters. The van der Waals surface area contributed by atoms with Crippen molar-refractivity contribution >= 4 is 26.8 Å². The minimum absolute atomic E-state index is 0.0782. The van der Waals surface area contributed by atoms with Crippen molar-refractivity contribution in [1.82, 2.24) is 10.3 Å². The summed E-state index contributed by atoms with van der Waals surface area (Å²) in [5, 5.41) is 8.82. The number of sulfonamides is 1. The minimum Gasteiger partial charge on any atom is -0.361 e. The van der Waals surface area contributed by atoms with Gasteiger partial charge in [-0.2, -0.15) is 0 Å². The molecule has 0 fully saturated rings. The van der Waals surface area contributed by atoms with Crippen molar-refractivity contribution in [2.45, 2.75) is 11.3 Å². The second-order valence-electron chi connectivity index (χ2n) is 5.44. The summed E-state index contributed by atoms with van der Waals surface area (Å²) in [6.45, 7) is 0.453. The zero-order chi connectivity index (χ0) is 17.2. The van der Waals surface area contributed by atoms with Crippen LogP contribution < -0.4 is 10.5 Å². The topological polar surface area (TPSA) is 105 Å². The second-order valence-corrected chi connectivity index (χ2v) is 7.00. The molecule has 1 amide bonds. The van der Waals surface area contributed by atoms with Gasteiger partial charge in [0.25, 0.3) is 5.91 Å². The van der Waals surface area contributed by atoms with Crippen LogP contribution in [0.5, 0.6) is 0 Å². The van der Waals surface area contributed by atoms with Crippen molar-refractivity contribution in [3.8, 4) is 0 Å². The Morgan fingerprint density at radius 1 is 1.08 bits per heavy atom. The zero-order valence-corrected chi connectivity index (χ0v) is 13.6. The lowest BCUT2D eigenvalue weighted by molar-refractivity contribution is 0.0956. The fraction of sp³-hybridized carbons (Fsp3) is 0.118. The van der Waals surface area contributed by atoms with Crippen LogP contribution in [0.4, 0.5) is 0 Å². The van der Waals surface area contributed by atoms with E-state index in [1.54, 1.807) is 24.4 Å². The quantitative estimate of drug-likeness (QED) is 0.657. The summed E-state index contributed by atoms with van der Waals surface area (Å²) >= 11 is 0. The highest BCUT2D eigenvalue weighted by Gasteiger charge is 2.10. The number of hydrogen-bond donors (Lipinski definition) is 3. The van der Waals surface area contributed by atoms with Gasteiger partial charge >= 0.3 is 0 Å². The Balaban J connectivity index is 1.62. The third-order valence-electron chi connectivity index (χ3n) is 3.79. The van der Waals surface area contributed by atoms with Gasteiger partial charge in [0.15, 0.2) is 0 Å². The maximum atomic E-state index is 12.3. The number of carbonyl (C=O) groups is 1. The normalized spacial score (nSPS) is 11.5. The van der Waals surface area contributed by atoms with E-state index in [2.05, 4.69) is 10.3 Å². The summed E-state index contributed by atoms with van der Waals surface area (Å²) in [4.78, 5) is 15.5. The molecule has 0 aliphatic rings. The van der Waals surface area contributed by atoms with Crippen molar-refractivity contribution in [3.63, 3.8) is 0 Å². The van der Waals surface area contributed by atoms with E-state index in [0.717, 1.165) is 16.5 Å². The molecule has 2 aromatic carbocycles. The summed E-state index contributed by atoms with van der Waals surface area (Å²) in [6, 6.07) is 13.7. The lowest BCUT2D eigenvalue weighted by atomic mass is 10.1. The Hall–Kier alpha value is -2.64. The van der Waals surface area contributed by atoms with Gasteiger partial charge in [0, 0.05) is 29.2 Å². The van der Waals surface area contributed by atoms with Gasteiger partial charge in [-0.25, -0.2) is 13.6 Å². The molecule has 4 N–H and O–H groups in total. The molecule has 3 rings (SSSR count). The molecule has 0 atom stereocenters. The summed E-state index contributed by atoms with van der Waals surface area (Å²) in [5.41, 5.74) is 2.46. The first-order chi connectivity index (χ1) is 11.4. The van der Waals surface area contributed by atoms with E-state index in [-0.39, 0.29) is 10.8 Å². The molecule has 3 aromatic rings. The van der Waals surface area contributed by atoms with Crippen molar-refractivity contribution < 1.29 is 13.2 Å². The van der Waals surface area contributed by atoms with Crippen LogP contribution in [0.25, 0.3) is 10.9 Å². The highest BCUT2D eigenvalue weighted by atomic mass is 32.2. The number of rotatable bonds is 5. The monoisotopic (exact) mass is 343 g/mol. The molecule has 0 radical (unpaired) electrons. The third kappa shape index (κ3) is 3.47. The lowest BCUT2D eigenvalue weighted by Gasteiger charge is -2.07. The smallest absolute Gasteiger partial charge is 0.251 e. The molecular formula is C17H17N3O3S. The van der Waals surface area contributed by atoms with Crippen LogP contribution in [0, 0.1) is 0 Å². The Kier molecular flexibility index (Phi) is 4.37. The first kappa shape index (κ1) is 16.2. The second kappa shape index (κ2) is 6.46. The summed E-state index contributed by atoms with van der Waals surface area (Å²) in [7, 11) is -3.68. The fourth-order valence-corrected chi connectivity index (χ4v) is 3.06. The van der Waals surface area contributed by atoms with Gasteiger partial charge in [0.1, 0.15) is 0 Å². The number of hydrogen-bond acceptors (Lipinski definition) is 3. The number of primary sulfonamides is 1. The van der Waals surface area contributed by atoms with E-state index in [9.17, 15) is 13.2 Å². The first-order valence-corrected chi connectivity index (χ1v) is 8.96. The van der Waals surface area contributed by atoms with Crippen molar-refractivity contribution in [2.75, 3.05) is 6.54 Å². The van der Waals surface area contributed by atoms with Gasteiger partial charge in [-0.1, -0.05) is 18.2 Å². The van der Waals surface area contributed by atoms with Crippen LogP contribution in [0.2, 0.25) is 0 Å². The number of carbonyl (C=O) groups excluding carboxylic acids is 1. The molecule has 0 saturated carbocycles. The van der Waals surface area contributed by atoms with Crippen LogP contribution in [0.15, 0.2) is 59.6 Å². The van der Waals surface area contributed by atoms with Crippen LogP contribution in [-0.4, -0.2) is 25.9 Å². The summed E-state index contributed by atoms with van der Waals surface area (Å²) in [6.07, 6.45) is 2.40. The number of benzene rings is 2. The molecule has 1 aromatic heterocycles. The van der Waals surface area contributed by atoms with E-state index in [1.165, 1.54) is 12.1 Å². The number of fused-ring (bicyclic) bond motifs is 1. The van der Waals surface area contributed by atoms with Gasteiger partial charge in [-0.3, -0.25) is 4.79 Å². The first-order valence-electron chi connectivity index (χ1n) is 7.41. The molecule has 0 spiro atoms. The average molecular weight is 343 g/mol. The highest BCUT2D eigenvalue weighted by Crippen LogP contribution is 2.17. The number of nitrogens with one attached hydrogen (secondary N) is 2. The maximum Gasteiger partial charge on any atom is 0.251 e. The van der Waals surface area contributed by atoms with Crippen molar-refractivity contribution in [2.24, 2.45) is 5.14 Å². The highest BCUT2D eigenvalue weighted by molar-refractivity contribution is 7.89. The van der Waals surface area contributed by atoms with E-state index in [1.807, 2.05) is 18.2 Å². The number of H-pyrrole nitrogens is 1. The van der Waals surface area contributed by atoms with E-state index in [0.29, 0.717) is 18.5 Å². The van der Waals surface area contributed by atoms with Gasteiger partial charge in [-0.15, -0.1) is 0 Å². The Morgan fingerprint density at radius 2 is 1.83 bits per heavy atom. The van der Waals surface area contributed by atoms with Gasteiger partial charge in [0.05, 0.1) is 4.90 Å². The fourth-order valence-electron chi connectivity index (χ4n) is 2.54. The average Bonchev–Trinajstić information content (AvgIpc) is 3.03.